The van der Waals surface area contributed by atoms with Crippen LogP contribution in [0, 0.1) is 0 Å². The number of likely N-dealkylation sites (tertiary alicyclic amines) is 1. The molecule has 3 aliphatic rings. The van der Waals surface area contributed by atoms with Crippen LogP contribution in [0.1, 0.15) is 44.9 Å². The molecule has 3 rings (SSSR count). The molecule has 2 aliphatic heterocycles. The van der Waals surface area contributed by atoms with Gasteiger partial charge in [0.1, 0.15) is 0 Å². The Morgan fingerprint density at radius 3 is 2.57 bits per heavy atom. The van der Waals surface area contributed by atoms with Crippen LogP contribution in [0.4, 0.5) is 0 Å². The summed E-state index contributed by atoms with van der Waals surface area (Å²) in [6, 6.07) is 0.526. The highest BCUT2D eigenvalue weighted by Crippen LogP contribution is 2.30. The molecular weight excluding hydrogens is 266 g/mol. The summed E-state index contributed by atoms with van der Waals surface area (Å²) in [6.45, 7) is 5.46. The lowest BCUT2D eigenvalue weighted by Gasteiger charge is -2.35. The Kier molecular flexibility index (Phi) is 4.82. The fraction of sp³-hybridized carbons (Fsp3) is 0.938. The van der Waals surface area contributed by atoms with Crippen molar-refractivity contribution in [2.75, 3.05) is 39.4 Å². The number of morpholine rings is 1. The third kappa shape index (κ3) is 3.76. The molecule has 1 aliphatic carbocycles. The highest BCUT2D eigenvalue weighted by Gasteiger charge is 2.35. The lowest BCUT2D eigenvalue weighted by atomic mass is 9.80. The zero-order chi connectivity index (χ0) is 14.7. The molecule has 1 saturated carbocycles. The summed E-state index contributed by atoms with van der Waals surface area (Å²) in [5.74, 6) is 0.273. The predicted molar refractivity (Wildman–Crippen MR) is 82.0 cm³/mol. The molecule has 0 radical (unpaired) electrons. The third-order valence-electron chi connectivity index (χ3n) is 5.43. The predicted octanol–water partition coefficient (Wildman–Crippen LogP) is 0.971. The Labute approximate surface area is 127 Å². The summed E-state index contributed by atoms with van der Waals surface area (Å²) in [7, 11) is 0. The number of nitrogens with two attached hydrogens (primary N) is 1. The summed E-state index contributed by atoms with van der Waals surface area (Å²) >= 11 is 0. The molecule has 120 valence electrons. The Morgan fingerprint density at radius 1 is 1.14 bits per heavy atom. The topological polar surface area (TPSA) is 58.8 Å². The van der Waals surface area contributed by atoms with Gasteiger partial charge in [0.25, 0.3) is 0 Å². The zero-order valence-corrected chi connectivity index (χ0v) is 13.1. The van der Waals surface area contributed by atoms with Crippen LogP contribution in [0.15, 0.2) is 0 Å². The van der Waals surface area contributed by atoms with Crippen LogP contribution in [0.25, 0.3) is 0 Å². The molecular formula is C16H29N3O2. The van der Waals surface area contributed by atoms with Gasteiger partial charge >= 0.3 is 0 Å². The van der Waals surface area contributed by atoms with Gasteiger partial charge in [-0.2, -0.15) is 0 Å². The molecule has 0 aromatic rings. The van der Waals surface area contributed by atoms with E-state index in [4.69, 9.17) is 10.5 Å². The SMILES string of the molecule is NC1(CC(=O)N2CCC(N3CCOCC3)C2)CCCCC1. The Hall–Kier alpha value is -0.650. The van der Waals surface area contributed by atoms with Crippen molar-refractivity contribution < 1.29 is 9.53 Å². The van der Waals surface area contributed by atoms with Gasteiger partial charge in [0.15, 0.2) is 0 Å². The smallest absolute Gasteiger partial charge is 0.224 e. The Morgan fingerprint density at radius 2 is 1.86 bits per heavy atom. The minimum atomic E-state index is -0.230. The fourth-order valence-electron chi connectivity index (χ4n) is 4.05. The van der Waals surface area contributed by atoms with Crippen molar-refractivity contribution in [3.8, 4) is 0 Å². The average molecular weight is 295 g/mol. The van der Waals surface area contributed by atoms with Gasteiger partial charge in [0.05, 0.1) is 13.2 Å². The largest absolute Gasteiger partial charge is 0.379 e. The Bertz CT molecular complexity index is 363. The first-order valence-corrected chi connectivity index (χ1v) is 8.55. The maximum atomic E-state index is 12.5. The molecule has 1 atom stereocenters. The quantitative estimate of drug-likeness (QED) is 0.843. The molecule has 0 bridgehead atoms. The van der Waals surface area contributed by atoms with Gasteiger partial charge < -0.3 is 15.4 Å². The summed E-state index contributed by atoms with van der Waals surface area (Å²) in [4.78, 5) is 17.1. The number of carbonyl (C=O) groups is 1. The van der Waals surface area contributed by atoms with E-state index in [9.17, 15) is 4.79 Å². The van der Waals surface area contributed by atoms with Crippen molar-refractivity contribution in [1.29, 1.82) is 0 Å². The van der Waals surface area contributed by atoms with E-state index in [1.165, 1.54) is 19.3 Å². The molecule has 3 fully saturated rings. The summed E-state index contributed by atoms with van der Waals surface area (Å²) in [6.07, 6.45) is 7.31. The van der Waals surface area contributed by atoms with Gasteiger partial charge in [-0.1, -0.05) is 19.3 Å². The molecule has 1 amide bonds. The lowest BCUT2D eigenvalue weighted by molar-refractivity contribution is -0.132. The number of nitrogens with zero attached hydrogens (tertiary/aromatic N) is 2. The molecule has 0 spiro atoms. The molecule has 5 heteroatoms. The fourth-order valence-corrected chi connectivity index (χ4v) is 4.05. The van der Waals surface area contributed by atoms with Gasteiger partial charge in [-0.05, 0) is 19.3 Å². The minimum absolute atomic E-state index is 0.230. The number of amides is 1. The van der Waals surface area contributed by atoms with Gasteiger partial charge in [0, 0.05) is 44.2 Å². The van der Waals surface area contributed by atoms with E-state index in [1.54, 1.807) is 0 Å². The second-order valence-electron chi connectivity index (χ2n) is 7.03. The zero-order valence-electron chi connectivity index (χ0n) is 13.1. The third-order valence-corrected chi connectivity index (χ3v) is 5.43. The van der Waals surface area contributed by atoms with Crippen LogP contribution in [0.5, 0.6) is 0 Å². The summed E-state index contributed by atoms with van der Waals surface area (Å²) in [5, 5.41) is 0. The van der Waals surface area contributed by atoms with Crippen LogP contribution in [-0.4, -0.2) is 66.7 Å². The van der Waals surface area contributed by atoms with Crippen molar-refractivity contribution in [3.63, 3.8) is 0 Å². The second-order valence-corrected chi connectivity index (χ2v) is 7.03. The summed E-state index contributed by atoms with van der Waals surface area (Å²) < 4.78 is 5.41. The molecule has 0 aromatic carbocycles. The Balaban J connectivity index is 1.49. The first-order valence-electron chi connectivity index (χ1n) is 8.55. The highest BCUT2D eigenvalue weighted by molar-refractivity contribution is 5.77. The number of rotatable bonds is 3. The summed E-state index contributed by atoms with van der Waals surface area (Å²) in [5.41, 5.74) is 6.20. The van der Waals surface area contributed by atoms with Crippen molar-refractivity contribution in [2.24, 2.45) is 5.73 Å². The van der Waals surface area contributed by atoms with E-state index in [2.05, 4.69) is 4.90 Å². The minimum Gasteiger partial charge on any atom is -0.379 e. The van der Waals surface area contributed by atoms with Crippen molar-refractivity contribution in [3.05, 3.63) is 0 Å². The molecule has 2 heterocycles. The van der Waals surface area contributed by atoms with Gasteiger partial charge in [-0.3, -0.25) is 9.69 Å². The van der Waals surface area contributed by atoms with Crippen molar-refractivity contribution >= 4 is 5.91 Å². The van der Waals surface area contributed by atoms with Crippen molar-refractivity contribution in [2.45, 2.75) is 56.5 Å². The van der Waals surface area contributed by atoms with Gasteiger partial charge in [-0.25, -0.2) is 0 Å². The van der Waals surface area contributed by atoms with Crippen LogP contribution in [0.2, 0.25) is 0 Å². The van der Waals surface area contributed by atoms with Crippen LogP contribution < -0.4 is 5.73 Å². The maximum absolute atomic E-state index is 12.5. The van der Waals surface area contributed by atoms with E-state index < -0.39 is 0 Å². The average Bonchev–Trinajstić information content (AvgIpc) is 2.98. The van der Waals surface area contributed by atoms with E-state index in [0.29, 0.717) is 12.5 Å². The molecule has 1 unspecified atom stereocenters. The molecule has 5 nitrogen and oxygen atoms in total. The molecule has 21 heavy (non-hydrogen) atoms. The molecule has 0 aromatic heterocycles. The normalized spacial score (nSPS) is 30.5. The van der Waals surface area contributed by atoms with E-state index >= 15 is 0 Å². The first-order chi connectivity index (χ1) is 10.2. The number of carbonyl (C=O) groups excluding carboxylic acids is 1. The standard InChI is InChI=1S/C16H29N3O2/c17-16(5-2-1-3-6-16)12-15(20)19-7-4-14(13-19)18-8-10-21-11-9-18/h14H,1-13,17H2. The number of hydrogen-bond donors (Lipinski definition) is 1. The van der Waals surface area contributed by atoms with E-state index in [1.807, 2.05) is 4.90 Å². The van der Waals surface area contributed by atoms with Gasteiger partial charge in [-0.15, -0.1) is 0 Å². The van der Waals surface area contributed by atoms with Crippen LogP contribution >= 0.6 is 0 Å². The highest BCUT2D eigenvalue weighted by atomic mass is 16.5. The first kappa shape index (κ1) is 15.3. The lowest BCUT2D eigenvalue weighted by Crippen LogP contribution is -2.48. The maximum Gasteiger partial charge on any atom is 0.224 e. The molecule has 2 saturated heterocycles. The van der Waals surface area contributed by atoms with Crippen LogP contribution in [0.3, 0.4) is 0 Å². The van der Waals surface area contributed by atoms with Gasteiger partial charge in [0.2, 0.25) is 5.91 Å². The van der Waals surface area contributed by atoms with Crippen molar-refractivity contribution in [1.82, 2.24) is 9.80 Å². The molecule has 2 N–H and O–H groups in total. The van der Waals surface area contributed by atoms with E-state index in [-0.39, 0.29) is 11.4 Å². The monoisotopic (exact) mass is 295 g/mol. The van der Waals surface area contributed by atoms with Crippen LogP contribution in [-0.2, 0) is 9.53 Å². The number of ether oxygens (including phenoxy) is 1. The number of hydrogen-bond acceptors (Lipinski definition) is 4. The van der Waals surface area contributed by atoms with E-state index in [0.717, 1.165) is 58.7 Å². The second kappa shape index (κ2) is 6.63.